The van der Waals surface area contributed by atoms with Crippen LogP contribution in [0.2, 0.25) is 0 Å². The van der Waals surface area contributed by atoms with E-state index in [0.29, 0.717) is 18.0 Å². The van der Waals surface area contributed by atoms with E-state index in [2.05, 4.69) is 43.1 Å². The summed E-state index contributed by atoms with van der Waals surface area (Å²) >= 11 is 0. The molecule has 2 aliphatic heterocycles. The summed E-state index contributed by atoms with van der Waals surface area (Å²) in [5.41, 5.74) is 3.11. The van der Waals surface area contributed by atoms with Crippen LogP contribution in [0.25, 0.3) is 0 Å². The molecule has 1 nitrogen and oxygen atoms in total. The lowest BCUT2D eigenvalue weighted by Gasteiger charge is -2.48. The van der Waals surface area contributed by atoms with Crippen molar-refractivity contribution >= 4 is 0 Å². The Hall–Kier alpha value is -1.08. The highest BCUT2D eigenvalue weighted by atomic mass is 15.0. The molecule has 1 fully saturated rings. The Kier molecular flexibility index (Phi) is 2.36. The quantitative estimate of drug-likeness (QED) is 0.742. The maximum absolute atomic E-state index is 3.88. The first kappa shape index (κ1) is 10.1. The SMILES string of the molecule is C=CC[C@@H]1N[C@H]2C[C@H](C)[C@H]1c1ccccc12. The molecule has 0 amide bonds. The Morgan fingerprint density at radius 1 is 1.38 bits per heavy atom. The molecule has 1 aromatic carbocycles. The van der Waals surface area contributed by atoms with Gasteiger partial charge in [0.2, 0.25) is 0 Å². The molecule has 0 saturated carbocycles. The molecule has 2 heterocycles. The van der Waals surface area contributed by atoms with Gasteiger partial charge in [-0.1, -0.05) is 37.3 Å². The molecule has 3 aliphatic rings. The van der Waals surface area contributed by atoms with Crippen LogP contribution in [0.5, 0.6) is 0 Å². The van der Waals surface area contributed by atoms with Crippen LogP contribution in [0, 0.1) is 5.92 Å². The van der Waals surface area contributed by atoms with Crippen LogP contribution in [0.15, 0.2) is 36.9 Å². The molecule has 0 aromatic heterocycles. The van der Waals surface area contributed by atoms with Gasteiger partial charge in [0.25, 0.3) is 0 Å². The molecular weight excluding hydrogens is 194 g/mol. The third-order valence-corrected chi connectivity index (χ3v) is 4.22. The van der Waals surface area contributed by atoms with Crippen molar-refractivity contribution in [1.82, 2.24) is 5.32 Å². The highest BCUT2D eigenvalue weighted by Gasteiger charge is 2.42. The minimum absolute atomic E-state index is 0.571. The van der Waals surface area contributed by atoms with Crippen molar-refractivity contribution in [3.05, 3.63) is 48.0 Å². The predicted octanol–water partition coefficient (Wildman–Crippen LogP) is 3.40. The minimum Gasteiger partial charge on any atom is -0.306 e. The average Bonchev–Trinajstić information content (AvgIpc) is 2.29. The maximum Gasteiger partial charge on any atom is 0.0328 e. The third kappa shape index (κ3) is 1.35. The number of hydrogen-bond donors (Lipinski definition) is 1. The Morgan fingerprint density at radius 2 is 2.12 bits per heavy atom. The van der Waals surface area contributed by atoms with Crippen LogP contribution in [0.3, 0.4) is 0 Å². The van der Waals surface area contributed by atoms with Crippen LogP contribution in [-0.2, 0) is 0 Å². The van der Waals surface area contributed by atoms with Crippen molar-refractivity contribution in [2.45, 2.75) is 37.8 Å². The summed E-state index contributed by atoms with van der Waals surface area (Å²) in [6.07, 6.45) is 4.42. The summed E-state index contributed by atoms with van der Waals surface area (Å²) < 4.78 is 0. The Labute approximate surface area is 97.6 Å². The predicted molar refractivity (Wildman–Crippen MR) is 67.4 cm³/mol. The van der Waals surface area contributed by atoms with E-state index in [0.717, 1.165) is 12.3 Å². The fourth-order valence-electron chi connectivity index (χ4n) is 3.61. The fourth-order valence-corrected chi connectivity index (χ4v) is 3.61. The summed E-state index contributed by atoms with van der Waals surface area (Å²) in [6.45, 7) is 6.27. The third-order valence-electron chi connectivity index (χ3n) is 4.22. The summed E-state index contributed by atoms with van der Waals surface area (Å²) in [6, 6.07) is 10.1. The second-order valence-corrected chi connectivity index (χ2v) is 5.22. The second kappa shape index (κ2) is 3.74. The molecule has 4 atom stereocenters. The van der Waals surface area contributed by atoms with E-state index < -0.39 is 0 Å². The molecule has 2 bridgehead atoms. The van der Waals surface area contributed by atoms with Crippen molar-refractivity contribution in [3.8, 4) is 0 Å². The molecule has 1 N–H and O–H groups in total. The monoisotopic (exact) mass is 213 g/mol. The molecule has 1 aromatic rings. The highest BCUT2D eigenvalue weighted by Crippen LogP contribution is 2.48. The summed E-state index contributed by atoms with van der Waals surface area (Å²) in [7, 11) is 0. The normalized spacial score (nSPS) is 35.8. The Balaban J connectivity index is 2.05. The molecule has 84 valence electrons. The molecule has 4 rings (SSSR count). The van der Waals surface area contributed by atoms with Gasteiger partial charge in [-0.3, -0.25) is 0 Å². The van der Waals surface area contributed by atoms with E-state index in [1.165, 1.54) is 12.0 Å². The number of hydrogen-bond acceptors (Lipinski definition) is 1. The van der Waals surface area contributed by atoms with Crippen LogP contribution in [-0.4, -0.2) is 6.04 Å². The zero-order chi connectivity index (χ0) is 11.1. The topological polar surface area (TPSA) is 12.0 Å². The van der Waals surface area contributed by atoms with Gasteiger partial charge in [0.1, 0.15) is 0 Å². The van der Waals surface area contributed by atoms with Gasteiger partial charge >= 0.3 is 0 Å². The summed E-state index contributed by atoms with van der Waals surface area (Å²) in [4.78, 5) is 0. The number of nitrogens with one attached hydrogen (secondary N) is 1. The number of piperidine rings is 1. The van der Waals surface area contributed by atoms with Crippen molar-refractivity contribution < 1.29 is 0 Å². The number of rotatable bonds is 2. The van der Waals surface area contributed by atoms with Crippen molar-refractivity contribution in [1.29, 1.82) is 0 Å². The van der Waals surface area contributed by atoms with E-state index in [1.54, 1.807) is 5.56 Å². The van der Waals surface area contributed by atoms with Gasteiger partial charge < -0.3 is 5.32 Å². The van der Waals surface area contributed by atoms with Crippen molar-refractivity contribution in [2.75, 3.05) is 0 Å². The standard InChI is InChI=1S/C15H19N/c1-3-6-13-15-10(2)9-14(16-13)11-7-4-5-8-12(11)15/h3-5,7-8,10,13-16H,1,6,9H2,2H3/t10-,13-,14-,15-/m0/s1. The maximum atomic E-state index is 3.88. The van der Waals surface area contributed by atoms with Crippen LogP contribution in [0.4, 0.5) is 0 Å². The van der Waals surface area contributed by atoms with Gasteiger partial charge in [0.05, 0.1) is 0 Å². The second-order valence-electron chi connectivity index (χ2n) is 5.22. The largest absolute Gasteiger partial charge is 0.306 e. The van der Waals surface area contributed by atoms with E-state index in [9.17, 15) is 0 Å². The van der Waals surface area contributed by atoms with Crippen molar-refractivity contribution in [3.63, 3.8) is 0 Å². The van der Waals surface area contributed by atoms with Crippen LogP contribution < -0.4 is 5.32 Å². The summed E-state index contributed by atoms with van der Waals surface area (Å²) in [5, 5.41) is 3.77. The average molecular weight is 213 g/mol. The molecular formula is C15H19N. The van der Waals surface area contributed by atoms with E-state index >= 15 is 0 Å². The van der Waals surface area contributed by atoms with E-state index in [4.69, 9.17) is 0 Å². The van der Waals surface area contributed by atoms with Crippen LogP contribution in [0.1, 0.15) is 42.9 Å². The zero-order valence-electron chi connectivity index (χ0n) is 9.82. The lowest BCUT2D eigenvalue weighted by molar-refractivity contribution is 0.191. The smallest absolute Gasteiger partial charge is 0.0328 e. The number of benzene rings is 1. The Bertz CT molecular complexity index is 410. The first-order chi connectivity index (χ1) is 7.81. The first-order valence-corrected chi connectivity index (χ1v) is 6.27. The summed E-state index contributed by atoms with van der Waals surface area (Å²) in [5.74, 6) is 1.48. The molecule has 1 aliphatic carbocycles. The minimum atomic E-state index is 0.571. The van der Waals surface area contributed by atoms with Crippen molar-refractivity contribution in [2.24, 2.45) is 5.92 Å². The zero-order valence-corrected chi connectivity index (χ0v) is 9.82. The first-order valence-electron chi connectivity index (χ1n) is 6.27. The van der Waals surface area contributed by atoms with Gasteiger partial charge in [-0.15, -0.1) is 6.58 Å². The van der Waals surface area contributed by atoms with Gasteiger partial charge in [-0.2, -0.15) is 0 Å². The van der Waals surface area contributed by atoms with Gasteiger partial charge in [0, 0.05) is 18.0 Å². The molecule has 1 saturated heterocycles. The van der Waals surface area contributed by atoms with Gasteiger partial charge in [-0.05, 0) is 29.9 Å². The van der Waals surface area contributed by atoms with Gasteiger partial charge in [0.15, 0.2) is 0 Å². The molecule has 0 unspecified atom stereocenters. The van der Waals surface area contributed by atoms with E-state index in [1.807, 2.05) is 6.08 Å². The van der Waals surface area contributed by atoms with E-state index in [-0.39, 0.29) is 0 Å². The number of fused-ring (bicyclic) bond motifs is 2. The van der Waals surface area contributed by atoms with Crippen LogP contribution >= 0.6 is 0 Å². The Morgan fingerprint density at radius 3 is 2.88 bits per heavy atom. The lowest BCUT2D eigenvalue weighted by Crippen LogP contribution is -2.50. The molecule has 1 heteroatoms. The molecule has 0 radical (unpaired) electrons. The fraction of sp³-hybridized carbons (Fsp3) is 0.467. The molecule has 0 spiro atoms. The van der Waals surface area contributed by atoms with Gasteiger partial charge in [-0.25, -0.2) is 0 Å². The molecule has 16 heavy (non-hydrogen) atoms. The highest BCUT2D eigenvalue weighted by molar-refractivity contribution is 5.40. The lowest BCUT2D eigenvalue weighted by atomic mass is 9.66.